The minimum absolute atomic E-state index is 0.0259. The molecule has 0 saturated carbocycles. The Kier molecular flexibility index (Phi) is 3.96. The molecule has 0 aliphatic rings. The third-order valence-electron chi connectivity index (χ3n) is 2.30. The van der Waals surface area contributed by atoms with Crippen molar-refractivity contribution in [3.05, 3.63) is 42.7 Å². The molecule has 7 heteroatoms. The lowest BCUT2D eigenvalue weighted by atomic mass is 10.3. The lowest BCUT2D eigenvalue weighted by Gasteiger charge is -2.07. The number of hydrogen-bond donors (Lipinski definition) is 2. The molecule has 6 nitrogen and oxygen atoms in total. The van der Waals surface area contributed by atoms with Crippen LogP contribution in [0.2, 0.25) is 0 Å². The number of sulfonamides is 1. The van der Waals surface area contributed by atoms with E-state index in [1.54, 1.807) is 24.3 Å². The van der Waals surface area contributed by atoms with E-state index in [0.29, 0.717) is 18.2 Å². The normalized spacial score (nSPS) is 11.0. The van der Waals surface area contributed by atoms with Crippen molar-refractivity contribution in [2.75, 3.05) is 16.6 Å². The molecule has 0 saturated heterocycles. The van der Waals surface area contributed by atoms with E-state index in [-0.39, 0.29) is 4.90 Å². The molecule has 0 aliphatic carbocycles. The Labute approximate surface area is 112 Å². The largest absolute Gasteiger partial charge is 0.355 e. The average Bonchev–Trinajstić information content (AvgIpc) is 2.40. The summed E-state index contributed by atoms with van der Waals surface area (Å²) in [7, 11) is -3.65. The van der Waals surface area contributed by atoms with Crippen molar-refractivity contribution in [2.24, 2.45) is 0 Å². The highest BCUT2D eigenvalue weighted by molar-refractivity contribution is 7.92. The van der Waals surface area contributed by atoms with Crippen LogP contribution < -0.4 is 10.0 Å². The van der Waals surface area contributed by atoms with Crippen LogP contribution in [0.5, 0.6) is 0 Å². The first kappa shape index (κ1) is 13.3. The fourth-order valence-electron chi connectivity index (χ4n) is 1.42. The summed E-state index contributed by atoms with van der Waals surface area (Å²) in [5.41, 5.74) is 0.498. The lowest BCUT2D eigenvalue weighted by Crippen LogP contribution is -2.14. The first-order valence-corrected chi connectivity index (χ1v) is 7.24. The first-order valence-electron chi connectivity index (χ1n) is 5.75. The Morgan fingerprint density at radius 2 is 1.74 bits per heavy atom. The van der Waals surface area contributed by atoms with Gasteiger partial charge in [-0.05, 0) is 19.1 Å². The van der Waals surface area contributed by atoms with Gasteiger partial charge in [0.2, 0.25) is 5.95 Å². The maximum atomic E-state index is 12.1. The molecule has 2 rings (SSSR count). The van der Waals surface area contributed by atoms with Gasteiger partial charge in [-0.2, -0.15) is 0 Å². The quantitative estimate of drug-likeness (QED) is 0.869. The summed E-state index contributed by atoms with van der Waals surface area (Å²) in [5.74, 6) is 0.404. The highest BCUT2D eigenvalue weighted by Crippen LogP contribution is 2.14. The third kappa shape index (κ3) is 3.41. The summed E-state index contributed by atoms with van der Waals surface area (Å²) >= 11 is 0. The number of para-hydroxylation sites is 1. The van der Waals surface area contributed by atoms with Gasteiger partial charge in [-0.25, -0.2) is 18.4 Å². The van der Waals surface area contributed by atoms with E-state index < -0.39 is 10.0 Å². The Balaban J connectivity index is 2.20. The zero-order chi connectivity index (χ0) is 13.7. The maximum absolute atomic E-state index is 12.1. The number of nitrogens with one attached hydrogen (secondary N) is 2. The zero-order valence-corrected chi connectivity index (χ0v) is 11.2. The van der Waals surface area contributed by atoms with Crippen LogP contribution >= 0.6 is 0 Å². The Bertz CT molecular complexity index is 627. The topological polar surface area (TPSA) is 84.0 Å². The molecule has 2 N–H and O–H groups in total. The van der Waals surface area contributed by atoms with Gasteiger partial charge < -0.3 is 5.32 Å². The second kappa shape index (κ2) is 5.66. The number of hydrogen-bond acceptors (Lipinski definition) is 5. The number of aromatic nitrogens is 2. The molecule has 0 bridgehead atoms. The van der Waals surface area contributed by atoms with Crippen molar-refractivity contribution in [3.63, 3.8) is 0 Å². The van der Waals surface area contributed by atoms with E-state index >= 15 is 0 Å². The molecular formula is C12H14N4O2S. The number of rotatable bonds is 5. The number of benzene rings is 1. The summed E-state index contributed by atoms with van der Waals surface area (Å²) < 4.78 is 26.6. The average molecular weight is 278 g/mol. The van der Waals surface area contributed by atoms with E-state index in [1.165, 1.54) is 12.4 Å². The van der Waals surface area contributed by atoms with Crippen molar-refractivity contribution in [1.82, 2.24) is 9.97 Å². The monoisotopic (exact) mass is 278 g/mol. The van der Waals surface area contributed by atoms with Gasteiger partial charge in [0.25, 0.3) is 10.0 Å². The lowest BCUT2D eigenvalue weighted by molar-refractivity contribution is 0.600. The van der Waals surface area contributed by atoms with Crippen molar-refractivity contribution >= 4 is 21.7 Å². The third-order valence-corrected chi connectivity index (χ3v) is 3.64. The van der Waals surface area contributed by atoms with Crippen LogP contribution in [0.3, 0.4) is 0 Å². The van der Waals surface area contributed by atoms with Crippen LogP contribution in [0.15, 0.2) is 47.6 Å². The molecule has 19 heavy (non-hydrogen) atoms. The van der Waals surface area contributed by atoms with Crippen molar-refractivity contribution < 1.29 is 8.42 Å². The summed E-state index contributed by atoms with van der Waals surface area (Å²) in [6.07, 6.45) is 2.55. The molecule has 0 aliphatic heterocycles. The van der Waals surface area contributed by atoms with Crippen LogP contribution in [-0.2, 0) is 10.0 Å². The molecule has 100 valence electrons. The standard InChI is InChI=1S/C12H14N4O2S/c1-2-13-12-14-8-11(9-15-12)19(17,18)16-10-6-4-3-5-7-10/h3-9,16H,2H2,1H3,(H,13,14,15). The van der Waals surface area contributed by atoms with Gasteiger partial charge in [-0.3, -0.25) is 4.72 Å². The summed E-state index contributed by atoms with van der Waals surface area (Å²) in [6.45, 7) is 2.58. The van der Waals surface area contributed by atoms with Crippen molar-refractivity contribution in [3.8, 4) is 0 Å². The SMILES string of the molecule is CCNc1ncc(S(=O)(=O)Nc2ccccc2)cn1. The van der Waals surface area contributed by atoms with E-state index in [2.05, 4.69) is 20.0 Å². The van der Waals surface area contributed by atoms with E-state index in [9.17, 15) is 8.42 Å². The predicted molar refractivity (Wildman–Crippen MR) is 73.4 cm³/mol. The molecule has 0 atom stereocenters. The van der Waals surface area contributed by atoms with E-state index in [0.717, 1.165) is 0 Å². The molecule has 0 unspecified atom stereocenters. The van der Waals surface area contributed by atoms with E-state index in [1.807, 2.05) is 13.0 Å². The molecule has 0 fully saturated rings. The highest BCUT2D eigenvalue weighted by Gasteiger charge is 2.15. The first-order chi connectivity index (χ1) is 9.12. The van der Waals surface area contributed by atoms with Crippen LogP contribution in [0.1, 0.15) is 6.92 Å². The summed E-state index contributed by atoms with van der Waals surface area (Å²) in [6, 6.07) is 8.66. The molecule has 1 aromatic carbocycles. The highest BCUT2D eigenvalue weighted by atomic mass is 32.2. The maximum Gasteiger partial charge on any atom is 0.264 e. The second-order valence-corrected chi connectivity index (χ2v) is 5.43. The molecule has 0 amide bonds. The zero-order valence-electron chi connectivity index (χ0n) is 10.4. The second-order valence-electron chi connectivity index (χ2n) is 3.74. The fourth-order valence-corrected chi connectivity index (χ4v) is 2.37. The van der Waals surface area contributed by atoms with Gasteiger partial charge in [-0.15, -0.1) is 0 Å². The van der Waals surface area contributed by atoms with Crippen molar-refractivity contribution in [1.29, 1.82) is 0 Å². The minimum Gasteiger partial charge on any atom is -0.355 e. The van der Waals surface area contributed by atoms with Crippen LogP contribution in [0, 0.1) is 0 Å². The Hall–Kier alpha value is -2.15. The molecule has 2 aromatic rings. The summed E-state index contributed by atoms with van der Waals surface area (Å²) in [5, 5.41) is 2.90. The van der Waals surface area contributed by atoms with Gasteiger partial charge in [0, 0.05) is 12.2 Å². The van der Waals surface area contributed by atoms with Gasteiger partial charge in [0.1, 0.15) is 4.90 Å². The van der Waals surface area contributed by atoms with Gasteiger partial charge in [-0.1, -0.05) is 18.2 Å². The minimum atomic E-state index is -3.65. The van der Waals surface area contributed by atoms with Gasteiger partial charge >= 0.3 is 0 Å². The smallest absolute Gasteiger partial charge is 0.264 e. The number of nitrogens with zero attached hydrogens (tertiary/aromatic N) is 2. The Morgan fingerprint density at radius 3 is 2.32 bits per heavy atom. The van der Waals surface area contributed by atoms with Crippen LogP contribution in [0.4, 0.5) is 11.6 Å². The fraction of sp³-hybridized carbons (Fsp3) is 0.167. The molecule has 0 radical (unpaired) electrons. The van der Waals surface area contributed by atoms with Crippen LogP contribution in [0.25, 0.3) is 0 Å². The Morgan fingerprint density at radius 1 is 1.11 bits per heavy atom. The molecular weight excluding hydrogens is 264 g/mol. The molecule has 1 heterocycles. The van der Waals surface area contributed by atoms with Gasteiger partial charge in [0.15, 0.2) is 0 Å². The predicted octanol–water partition coefficient (Wildman–Crippen LogP) is 1.71. The van der Waals surface area contributed by atoms with Gasteiger partial charge in [0.05, 0.1) is 12.4 Å². The van der Waals surface area contributed by atoms with Crippen LogP contribution in [-0.4, -0.2) is 24.9 Å². The molecule has 1 aromatic heterocycles. The van der Waals surface area contributed by atoms with Crippen molar-refractivity contribution in [2.45, 2.75) is 11.8 Å². The van der Waals surface area contributed by atoms with E-state index in [4.69, 9.17) is 0 Å². The number of anilines is 2. The molecule has 0 spiro atoms. The summed E-state index contributed by atoms with van der Waals surface area (Å²) in [4.78, 5) is 7.90.